The predicted molar refractivity (Wildman–Crippen MR) is 51.8 cm³/mol. The molecule has 1 atom stereocenters. The molecule has 0 amide bonds. The summed E-state index contributed by atoms with van der Waals surface area (Å²) >= 11 is 1.42. The van der Waals surface area contributed by atoms with Crippen LogP contribution >= 0.6 is 11.8 Å². The Kier molecular flexibility index (Phi) is 2.06. The Balaban J connectivity index is 2.38. The Bertz CT molecular complexity index is 329. The number of aromatic nitrogens is 1. The fourth-order valence-corrected chi connectivity index (χ4v) is 1.96. The van der Waals surface area contributed by atoms with Crippen molar-refractivity contribution in [2.45, 2.75) is 4.87 Å². The molecule has 0 aromatic carbocycles. The summed E-state index contributed by atoms with van der Waals surface area (Å²) in [5.41, 5.74) is 0.736. The summed E-state index contributed by atoms with van der Waals surface area (Å²) in [6, 6.07) is 5.53. The molecule has 66 valence electrons. The average Bonchev–Trinajstić information content (AvgIpc) is 2.69. The molecule has 0 unspecified atom stereocenters. The van der Waals surface area contributed by atoms with E-state index in [0.717, 1.165) is 12.0 Å². The molecule has 1 aromatic heterocycles. The minimum Gasteiger partial charge on any atom is -0.365 e. The summed E-state index contributed by atoms with van der Waals surface area (Å²) in [5, 5.41) is 4.84. The van der Waals surface area contributed by atoms with Gasteiger partial charge in [-0.2, -0.15) is 0 Å². The Labute approximate surface area is 80.2 Å². The summed E-state index contributed by atoms with van der Waals surface area (Å²) in [7, 11) is 0. The number of carbonyl (C=O) groups is 1. The average molecular weight is 192 g/mol. The van der Waals surface area contributed by atoms with E-state index < -0.39 is 4.87 Å². The highest BCUT2D eigenvalue weighted by Crippen LogP contribution is 2.34. The summed E-state index contributed by atoms with van der Waals surface area (Å²) in [5.74, 6) is 0. The van der Waals surface area contributed by atoms with E-state index in [1.807, 2.05) is 23.6 Å². The monoisotopic (exact) mass is 192 g/mol. The third kappa shape index (κ3) is 1.33. The fourth-order valence-electron chi connectivity index (χ4n) is 1.17. The van der Waals surface area contributed by atoms with Gasteiger partial charge in [0, 0.05) is 12.4 Å². The molecule has 1 aliphatic heterocycles. The second-order valence-electron chi connectivity index (χ2n) is 2.63. The molecule has 1 aliphatic rings. The van der Waals surface area contributed by atoms with Gasteiger partial charge in [-0.05, 0) is 17.5 Å². The zero-order chi connectivity index (χ0) is 9.15. The second-order valence-corrected chi connectivity index (χ2v) is 3.79. The molecule has 13 heavy (non-hydrogen) atoms. The van der Waals surface area contributed by atoms with Gasteiger partial charge in [-0.3, -0.25) is 9.78 Å². The number of aldehydes is 1. The maximum Gasteiger partial charge on any atom is 0.186 e. The number of pyridine rings is 1. The summed E-state index contributed by atoms with van der Waals surface area (Å²) in [4.78, 5) is 14.4. The van der Waals surface area contributed by atoms with Crippen molar-refractivity contribution in [1.82, 2.24) is 10.3 Å². The van der Waals surface area contributed by atoms with E-state index in [4.69, 9.17) is 0 Å². The van der Waals surface area contributed by atoms with Gasteiger partial charge in [0.25, 0.3) is 0 Å². The maximum atomic E-state index is 11.0. The molecule has 1 N–H and O–H groups in total. The van der Waals surface area contributed by atoms with E-state index in [1.165, 1.54) is 11.8 Å². The van der Waals surface area contributed by atoms with Crippen LogP contribution in [0.4, 0.5) is 0 Å². The van der Waals surface area contributed by atoms with Crippen LogP contribution in [0.1, 0.15) is 5.69 Å². The SMILES string of the molecule is O=C[C@@]1(c2ccccn2)NC=CS1. The normalized spacial score (nSPS) is 25.5. The van der Waals surface area contributed by atoms with Crippen LogP contribution in [-0.2, 0) is 9.67 Å². The van der Waals surface area contributed by atoms with Gasteiger partial charge >= 0.3 is 0 Å². The lowest BCUT2D eigenvalue weighted by molar-refractivity contribution is -0.110. The molecule has 3 nitrogen and oxygen atoms in total. The van der Waals surface area contributed by atoms with Crippen LogP contribution in [0.2, 0.25) is 0 Å². The van der Waals surface area contributed by atoms with Crippen molar-refractivity contribution in [2.24, 2.45) is 0 Å². The molecule has 0 saturated carbocycles. The number of thioether (sulfide) groups is 1. The molecule has 0 saturated heterocycles. The topological polar surface area (TPSA) is 42.0 Å². The molecule has 0 aliphatic carbocycles. The number of carbonyl (C=O) groups excluding carboxylic acids is 1. The first-order valence-electron chi connectivity index (χ1n) is 3.86. The van der Waals surface area contributed by atoms with Crippen LogP contribution < -0.4 is 5.32 Å². The summed E-state index contributed by atoms with van der Waals surface area (Å²) in [6.45, 7) is 0. The van der Waals surface area contributed by atoms with Gasteiger partial charge in [0.2, 0.25) is 0 Å². The lowest BCUT2D eigenvalue weighted by atomic mass is 10.2. The zero-order valence-electron chi connectivity index (χ0n) is 6.81. The van der Waals surface area contributed by atoms with Crippen LogP contribution in [-0.4, -0.2) is 11.3 Å². The Morgan fingerprint density at radius 2 is 2.46 bits per heavy atom. The number of hydrogen-bond donors (Lipinski definition) is 1. The van der Waals surface area contributed by atoms with Gasteiger partial charge in [0.1, 0.15) is 0 Å². The quantitative estimate of drug-likeness (QED) is 0.716. The van der Waals surface area contributed by atoms with Gasteiger partial charge in [-0.25, -0.2) is 0 Å². The van der Waals surface area contributed by atoms with Crippen molar-refractivity contribution in [3.8, 4) is 0 Å². The lowest BCUT2D eigenvalue weighted by Crippen LogP contribution is -2.35. The van der Waals surface area contributed by atoms with Crippen LogP contribution in [0.25, 0.3) is 0 Å². The minimum atomic E-state index is -0.707. The first-order chi connectivity index (χ1) is 6.37. The fraction of sp³-hybridized carbons (Fsp3) is 0.111. The van der Waals surface area contributed by atoms with Crippen LogP contribution in [0.15, 0.2) is 36.0 Å². The van der Waals surface area contributed by atoms with E-state index in [-0.39, 0.29) is 0 Å². The van der Waals surface area contributed by atoms with Crippen LogP contribution in [0, 0.1) is 0 Å². The van der Waals surface area contributed by atoms with Gasteiger partial charge < -0.3 is 5.32 Å². The molecule has 0 spiro atoms. The Morgan fingerprint density at radius 1 is 1.54 bits per heavy atom. The number of rotatable bonds is 2. The molecule has 2 rings (SSSR count). The smallest absolute Gasteiger partial charge is 0.186 e. The second kappa shape index (κ2) is 3.22. The first kappa shape index (κ1) is 8.31. The third-order valence-electron chi connectivity index (χ3n) is 1.83. The number of nitrogens with one attached hydrogen (secondary N) is 1. The highest BCUT2D eigenvalue weighted by Gasteiger charge is 2.34. The van der Waals surface area contributed by atoms with Crippen LogP contribution in [0.5, 0.6) is 0 Å². The van der Waals surface area contributed by atoms with Gasteiger partial charge in [-0.15, -0.1) is 0 Å². The van der Waals surface area contributed by atoms with Crippen molar-refractivity contribution in [3.63, 3.8) is 0 Å². The van der Waals surface area contributed by atoms with Gasteiger partial charge in [-0.1, -0.05) is 17.8 Å². The standard InChI is InChI=1S/C9H8N2OS/c12-7-9(11-5-6-13-9)8-3-1-2-4-10-8/h1-7,11H/t9-/m1/s1. The first-order valence-corrected chi connectivity index (χ1v) is 4.74. The van der Waals surface area contributed by atoms with E-state index in [0.29, 0.717) is 0 Å². The number of nitrogens with zero attached hydrogens (tertiary/aromatic N) is 1. The molecular formula is C9H8N2OS. The van der Waals surface area contributed by atoms with E-state index >= 15 is 0 Å². The van der Waals surface area contributed by atoms with Crippen molar-refractivity contribution < 1.29 is 4.79 Å². The van der Waals surface area contributed by atoms with Gasteiger partial charge in [0.05, 0.1) is 5.69 Å². The third-order valence-corrected chi connectivity index (χ3v) is 2.90. The number of hydrogen-bond acceptors (Lipinski definition) is 4. The maximum absolute atomic E-state index is 11.0. The highest BCUT2D eigenvalue weighted by molar-refractivity contribution is 8.03. The zero-order valence-corrected chi connectivity index (χ0v) is 7.62. The molecule has 0 radical (unpaired) electrons. The largest absolute Gasteiger partial charge is 0.365 e. The highest BCUT2D eigenvalue weighted by atomic mass is 32.2. The molecule has 0 bridgehead atoms. The molecule has 0 fully saturated rings. The molecule has 2 heterocycles. The van der Waals surface area contributed by atoms with Gasteiger partial charge in [0.15, 0.2) is 11.2 Å². The van der Waals surface area contributed by atoms with Crippen molar-refractivity contribution >= 4 is 18.0 Å². The van der Waals surface area contributed by atoms with E-state index in [2.05, 4.69) is 10.3 Å². The summed E-state index contributed by atoms with van der Waals surface area (Å²) < 4.78 is 0. The molecule has 1 aromatic rings. The minimum absolute atomic E-state index is 0.707. The van der Waals surface area contributed by atoms with Crippen molar-refractivity contribution in [3.05, 3.63) is 41.7 Å². The van der Waals surface area contributed by atoms with Crippen molar-refractivity contribution in [2.75, 3.05) is 0 Å². The van der Waals surface area contributed by atoms with E-state index in [1.54, 1.807) is 12.4 Å². The van der Waals surface area contributed by atoms with Crippen LogP contribution in [0.3, 0.4) is 0 Å². The Hall–Kier alpha value is -1.29. The van der Waals surface area contributed by atoms with E-state index in [9.17, 15) is 4.79 Å². The molecule has 4 heteroatoms. The molecular weight excluding hydrogens is 184 g/mol. The summed E-state index contributed by atoms with van der Waals surface area (Å²) in [6.07, 6.45) is 4.31. The Morgan fingerprint density at radius 3 is 3.00 bits per heavy atom. The lowest BCUT2D eigenvalue weighted by Gasteiger charge is -2.20. The predicted octanol–water partition coefficient (Wildman–Crippen LogP) is 1.24. The van der Waals surface area contributed by atoms with Crippen molar-refractivity contribution in [1.29, 1.82) is 0 Å².